The first-order valence-electron chi connectivity index (χ1n) is 11.6. The van der Waals surface area contributed by atoms with Crippen molar-refractivity contribution in [2.75, 3.05) is 6.61 Å². The molecule has 34 heavy (non-hydrogen) atoms. The van der Waals surface area contributed by atoms with Gasteiger partial charge in [-0.25, -0.2) is 4.79 Å². The van der Waals surface area contributed by atoms with Crippen LogP contribution in [0.15, 0.2) is 78.9 Å². The number of ether oxygens (including phenoxy) is 3. The van der Waals surface area contributed by atoms with E-state index in [4.69, 9.17) is 14.2 Å². The van der Waals surface area contributed by atoms with E-state index in [1.165, 1.54) is 5.56 Å². The van der Waals surface area contributed by atoms with Crippen molar-refractivity contribution in [2.45, 2.75) is 52.1 Å². The van der Waals surface area contributed by atoms with Gasteiger partial charge in [0.15, 0.2) is 0 Å². The van der Waals surface area contributed by atoms with Crippen LogP contribution in [0, 0.1) is 0 Å². The van der Waals surface area contributed by atoms with Crippen molar-refractivity contribution in [1.29, 1.82) is 0 Å². The zero-order valence-corrected chi connectivity index (χ0v) is 20.1. The van der Waals surface area contributed by atoms with Crippen LogP contribution in [0.2, 0.25) is 0 Å². The highest BCUT2D eigenvalue weighted by Gasteiger charge is 2.17. The van der Waals surface area contributed by atoms with Crippen LogP contribution in [0.1, 0.15) is 61.5 Å². The summed E-state index contributed by atoms with van der Waals surface area (Å²) in [4.78, 5) is 24.3. The highest BCUT2D eigenvalue weighted by atomic mass is 16.5. The number of carbonyl (C=O) groups excluding carboxylic acids is 2. The smallest absolute Gasteiger partial charge is 0.338 e. The second kappa shape index (κ2) is 12.0. The molecule has 178 valence electrons. The van der Waals surface area contributed by atoms with Crippen LogP contribution < -0.4 is 9.47 Å². The number of rotatable bonds is 11. The number of hydrogen-bond acceptors (Lipinski definition) is 5. The molecular weight excluding hydrogens is 428 g/mol. The average Bonchev–Trinajstić information content (AvgIpc) is 2.86. The fraction of sp³-hybridized carbons (Fsp3) is 0.310. The van der Waals surface area contributed by atoms with Gasteiger partial charge in [-0.3, -0.25) is 4.79 Å². The van der Waals surface area contributed by atoms with E-state index in [0.717, 1.165) is 17.7 Å². The minimum absolute atomic E-state index is 0.142. The maximum absolute atomic E-state index is 12.2. The van der Waals surface area contributed by atoms with Gasteiger partial charge < -0.3 is 14.2 Å². The van der Waals surface area contributed by atoms with Gasteiger partial charge in [0, 0.05) is 6.42 Å². The highest BCUT2D eigenvalue weighted by molar-refractivity contribution is 5.89. The minimum Gasteiger partial charge on any atom is -0.494 e. The van der Waals surface area contributed by atoms with Crippen LogP contribution in [0.3, 0.4) is 0 Å². The van der Waals surface area contributed by atoms with Gasteiger partial charge in [-0.15, -0.1) is 0 Å². The Kier molecular flexibility index (Phi) is 8.86. The number of carbonyl (C=O) groups is 2. The second-order valence-corrected chi connectivity index (χ2v) is 8.77. The Bertz CT molecular complexity index is 1050. The van der Waals surface area contributed by atoms with Crippen molar-refractivity contribution in [3.8, 4) is 11.5 Å². The van der Waals surface area contributed by atoms with E-state index >= 15 is 0 Å². The molecular formula is C29H32O5. The predicted octanol–water partition coefficient (Wildman–Crippen LogP) is 6.50. The van der Waals surface area contributed by atoms with Gasteiger partial charge in [0.05, 0.1) is 12.2 Å². The normalized spacial score (nSPS) is 11.0. The quantitative estimate of drug-likeness (QED) is 0.186. The third-order valence-corrected chi connectivity index (χ3v) is 5.85. The van der Waals surface area contributed by atoms with Crippen LogP contribution >= 0.6 is 0 Å². The first-order valence-corrected chi connectivity index (χ1v) is 11.6. The molecule has 0 aliphatic heterocycles. The summed E-state index contributed by atoms with van der Waals surface area (Å²) in [6.07, 6.45) is 1.85. The van der Waals surface area contributed by atoms with Gasteiger partial charge in [0.2, 0.25) is 0 Å². The summed E-state index contributed by atoms with van der Waals surface area (Å²) in [6, 6.07) is 24.0. The van der Waals surface area contributed by atoms with Crippen molar-refractivity contribution in [3.05, 3.63) is 95.6 Å². The fourth-order valence-corrected chi connectivity index (χ4v) is 3.26. The second-order valence-electron chi connectivity index (χ2n) is 8.77. The average molecular weight is 461 g/mol. The highest BCUT2D eigenvalue weighted by Crippen LogP contribution is 2.28. The molecule has 3 aromatic carbocycles. The van der Waals surface area contributed by atoms with Crippen LogP contribution in [-0.4, -0.2) is 18.5 Å². The van der Waals surface area contributed by atoms with Gasteiger partial charge in [-0.05, 0) is 65.8 Å². The molecule has 0 fully saturated rings. The molecule has 0 saturated carbocycles. The van der Waals surface area contributed by atoms with E-state index in [1.807, 2.05) is 42.5 Å². The molecule has 3 rings (SSSR count). The number of benzene rings is 3. The molecule has 0 N–H and O–H groups in total. The van der Waals surface area contributed by atoms with E-state index in [2.05, 4.69) is 32.9 Å². The first kappa shape index (κ1) is 25.0. The maximum Gasteiger partial charge on any atom is 0.338 e. The lowest BCUT2D eigenvalue weighted by molar-refractivity contribution is -0.134. The third-order valence-electron chi connectivity index (χ3n) is 5.85. The Morgan fingerprint density at radius 2 is 1.47 bits per heavy atom. The van der Waals surface area contributed by atoms with Crippen LogP contribution in [0.4, 0.5) is 0 Å². The first-order chi connectivity index (χ1) is 16.4. The molecule has 0 unspecified atom stereocenters. The Hall–Kier alpha value is -3.60. The van der Waals surface area contributed by atoms with Gasteiger partial charge >= 0.3 is 11.9 Å². The molecule has 0 radical (unpaired) electrons. The molecule has 0 atom stereocenters. The van der Waals surface area contributed by atoms with Crippen molar-refractivity contribution < 1.29 is 23.8 Å². The lowest BCUT2D eigenvalue weighted by atomic mass is 9.82. The summed E-state index contributed by atoms with van der Waals surface area (Å²) in [5, 5.41) is 0. The van der Waals surface area contributed by atoms with Crippen LogP contribution in [-0.2, 0) is 21.6 Å². The minimum atomic E-state index is -0.426. The van der Waals surface area contributed by atoms with E-state index in [0.29, 0.717) is 24.3 Å². The summed E-state index contributed by atoms with van der Waals surface area (Å²) in [6.45, 7) is 7.26. The molecule has 5 nitrogen and oxygen atoms in total. The van der Waals surface area contributed by atoms with E-state index in [1.54, 1.807) is 24.3 Å². The summed E-state index contributed by atoms with van der Waals surface area (Å²) in [7, 11) is 0. The molecule has 0 aromatic heterocycles. The lowest BCUT2D eigenvalue weighted by Gasteiger charge is -2.23. The lowest BCUT2D eigenvalue weighted by Crippen LogP contribution is -2.15. The fourth-order valence-electron chi connectivity index (χ4n) is 3.26. The van der Waals surface area contributed by atoms with Crippen molar-refractivity contribution in [3.63, 3.8) is 0 Å². The largest absolute Gasteiger partial charge is 0.494 e. The van der Waals surface area contributed by atoms with Crippen LogP contribution in [0.5, 0.6) is 11.5 Å². The Balaban J connectivity index is 1.37. The molecule has 5 heteroatoms. The molecule has 3 aromatic rings. The zero-order chi connectivity index (χ0) is 24.4. The van der Waals surface area contributed by atoms with E-state index < -0.39 is 5.97 Å². The van der Waals surface area contributed by atoms with Gasteiger partial charge in [0.25, 0.3) is 0 Å². The number of esters is 2. The Labute approximate surface area is 201 Å². The Morgan fingerprint density at radius 3 is 2.12 bits per heavy atom. The topological polar surface area (TPSA) is 61.8 Å². The van der Waals surface area contributed by atoms with Crippen molar-refractivity contribution in [2.24, 2.45) is 0 Å². The predicted molar refractivity (Wildman–Crippen MR) is 132 cm³/mol. The molecule has 0 heterocycles. The summed E-state index contributed by atoms with van der Waals surface area (Å²) in [5.41, 5.74) is 2.74. The standard InChI is InChI=1S/C29H32O5/c1-4-29(2,3)24-14-18-25(19-15-24)32-20-8-11-27(30)34-26-16-12-23(13-17-26)28(31)33-21-22-9-6-5-7-10-22/h5-7,9-10,12-19H,4,8,11,20-21H2,1-3H3. The van der Waals surface area contributed by atoms with Crippen molar-refractivity contribution >= 4 is 11.9 Å². The third kappa shape index (κ3) is 7.48. The maximum atomic E-state index is 12.2. The van der Waals surface area contributed by atoms with Crippen molar-refractivity contribution in [1.82, 2.24) is 0 Å². The summed E-state index contributed by atoms with van der Waals surface area (Å²) < 4.78 is 16.4. The SMILES string of the molecule is CCC(C)(C)c1ccc(OCCCC(=O)Oc2ccc(C(=O)OCc3ccccc3)cc2)cc1. The molecule has 0 aliphatic rings. The molecule has 0 amide bonds. The summed E-state index contributed by atoms with van der Waals surface area (Å²) in [5.74, 6) is 0.409. The number of hydrogen-bond donors (Lipinski definition) is 0. The molecule has 0 spiro atoms. The van der Waals surface area contributed by atoms with Gasteiger partial charge in [-0.1, -0.05) is 63.2 Å². The van der Waals surface area contributed by atoms with E-state index in [-0.39, 0.29) is 24.4 Å². The Morgan fingerprint density at radius 1 is 0.824 bits per heavy atom. The summed E-state index contributed by atoms with van der Waals surface area (Å²) >= 11 is 0. The monoisotopic (exact) mass is 460 g/mol. The van der Waals surface area contributed by atoms with Gasteiger partial charge in [0.1, 0.15) is 18.1 Å². The molecule has 0 bridgehead atoms. The van der Waals surface area contributed by atoms with Gasteiger partial charge in [-0.2, -0.15) is 0 Å². The van der Waals surface area contributed by atoms with E-state index in [9.17, 15) is 9.59 Å². The molecule has 0 aliphatic carbocycles. The molecule has 0 saturated heterocycles. The van der Waals surface area contributed by atoms with Crippen LogP contribution in [0.25, 0.3) is 0 Å². The zero-order valence-electron chi connectivity index (χ0n) is 20.1.